The number of hydrogen-bond acceptors (Lipinski definition) is 4. The van der Waals surface area contributed by atoms with E-state index in [1.54, 1.807) is 4.90 Å². The summed E-state index contributed by atoms with van der Waals surface area (Å²) in [6.07, 6.45) is 1.33. The van der Waals surface area contributed by atoms with Gasteiger partial charge in [-0.1, -0.05) is 6.07 Å². The molecule has 132 valence electrons. The lowest BCUT2D eigenvalue weighted by atomic mass is 10.0. The Kier molecular flexibility index (Phi) is 5.12. The van der Waals surface area contributed by atoms with Crippen molar-refractivity contribution in [1.29, 1.82) is 0 Å². The third kappa shape index (κ3) is 3.43. The summed E-state index contributed by atoms with van der Waals surface area (Å²) in [7, 11) is 0. The largest absolute Gasteiger partial charge is 0.395 e. The van der Waals surface area contributed by atoms with Crippen molar-refractivity contribution in [3.8, 4) is 0 Å². The Bertz CT molecular complexity index is 613. The van der Waals surface area contributed by atoms with Crippen LogP contribution >= 0.6 is 0 Å². The highest BCUT2D eigenvalue weighted by atomic mass is 19.1. The summed E-state index contributed by atoms with van der Waals surface area (Å²) in [5.74, 6) is -1.43. The highest BCUT2D eigenvalue weighted by molar-refractivity contribution is 5.82. The van der Waals surface area contributed by atoms with Crippen LogP contribution in [-0.4, -0.2) is 63.8 Å². The first kappa shape index (κ1) is 17.3. The topological polar surface area (TPSA) is 64.0 Å². The molecule has 0 bridgehead atoms. The minimum absolute atomic E-state index is 0.0988. The van der Waals surface area contributed by atoms with Gasteiger partial charge in [-0.25, -0.2) is 8.78 Å². The molecule has 2 N–H and O–H groups in total. The number of aliphatic hydroxyl groups is 2. The van der Waals surface area contributed by atoms with Gasteiger partial charge in [0.15, 0.2) is 0 Å². The zero-order valence-corrected chi connectivity index (χ0v) is 13.4. The molecule has 0 spiro atoms. The number of nitrogens with zero attached hydrogens (tertiary/aromatic N) is 2. The van der Waals surface area contributed by atoms with E-state index in [-0.39, 0.29) is 30.7 Å². The summed E-state index contributed by atoms with van der Waals surface area (Å²) in [6, 6.07) is 2.73. The van der Waals surface area contributed by atoms with Crippen LogP contribution in [0.4, 0.5) is 8.78 Å². The fourth-order valence-corrected chi connectivity index (χ4v) is 3.72. The molecular weight excluding hydrogens is 318 g/mol. The predicted octanol–water partition coefficient (Wildman–Crippen LogP) is 0.883. The number of piperidine rings is 1. The molecule has 1 amide bonds. The van der Waals surface area contributed by atoms with E-state index in [4.69, 9.17) is 0 Å². The van der Waals surface area contributed by atoms with Crippen molar-refractivity contribution in [2.45, 2.75) is 44.0 Å². The standard InChI is InChI=1S/C17H22F2N2O3/c18-12-4-3-11(15(19)6-12)8-20-5-1-2-16(17(20)24)21-9-14(23)7-13(21)10-22/h3-4,6,13-14,16,22-23H,1-2,5,7-10H2. The maximum Gasteiger partial charge on any atom is 0.240 e. The molecule has 7 heteroatoms. The van der Waals surface area contributed by atoms with Crippen LogP contribution < -0.4 is 0 Å². The number of aliphatic hydroxyl groups excluding tert-OH is 2. The molecule has 2 fully saturated rings. The Morgan fingerprint density at radius 1 is 1.29 bits per heavy atom. The SMILES string of the molecule is O=C1C(N2CC(O)CC2CO)CCCN1Cc1ccc(F)cc1F. The van der Waals surface area contributed by atoms with E-state index < -0.39 is 23.8 Å². The number of carbonyl (C=O) groups is 1. The average Bonchev–Trinajstić information content (AvgIpc) is 2.92. The molecule has 0 aromatic heterocycles. The lowest BCUT2D eigenvalue weighted by Gasteiger charge is -2.39. The zero-order valence-electron chi connectivity index (χ0n) is 13.4. The number of benzene rings is 1. The van der Waals surface area contributed by atoms with Crippen LogP contribution in [0.1, 0.15) is 24.8 Å². The van der Waals surface area contributed by atoms with E-state index in [1.807, 2.05) is 4.90 Å². The molecule has 0 radical (unpaired) electrons. The van der Waals surface area contributed by atoms with Crippen molar-refractivity contribution >= 4 is 5.91 Å². The van der Waals surface area contributed by atoms with Gasteiger partial charge < -0.3 is 15.1 Å². The molecule has 1 aromatic rings. The van der Waals surface area contributed by atoms with Crippen molar-refractivity contribution in [3.05, 3.63) is 35.4 Å². The predicted molar refractivity (Wildman–Crippen MR) is 83.0 cm³/mol. The van der Waals surface area contributed by atoms with E-state index >= 15 is 0 Å². The fourth-order valence-electron chi connectivity index (χ4n) is 3.72. The van der Waals surface area contributed by atoms with Crippen LogP contribution in [0.15, 0.2) is 18.2 Å². The molecule has 2 aliphatic heterocycles. The molecule has 3 atom stereocenters. The number of carbonyl (C=O) groups excluding carboxylic acids is 1. The van der Waals surface area contributed by atoms with Crippen LogP contribution in [0.25, 0.3) is 0 Å². The van der Waals surface area contributed by atoms with E-state index in [9.17, 15) is 23.8 Å². The van der Waals surface area contributed by atoms with Crippen molar-refractivity contribution in [2.75, 3.05) is 19.7 Å². The smallest absolute Gasteiger partial charge is 0.240 e. The number of β-amino-alcohol motifs (C(OH)–C–C–N with tert-alkyl or cyclic N) is 1. The van der Waals surface area contributed by atoms with Crippen LogP contribution in [0, 0.1) is 11.6 Å². The second kappa shape index (κ2) is 7.13. The first-order chi connectivity index (χ1) is 11.5. The Labute approximate surface area is 139 Å². The number of rotatable bonds is 4. The second-order valence-corrected chi connectivity index (χ2v) is 6.58. The van der Waals surface area contributed by atoms with Crippen LogP contribution in [0.3, 0.4) is 0 Å². The van der Waals surface area contributed by atoms with Gasteiger partial charge in [0.25, 0.3) is 0 Å². The van der Waals surface area contributed by atoms with Gasteiger partial charge in [-0.2, -0.15) is 0 Å². The Balaban J connectivity index is 1.73. The minimum atomic E-state index is -0.658. The van der Waals surface area contributed by atoms with Crippen molar-refractivity contribution in [3.63, 3.8) is 0 Å². The zero-order chi connectivity index (χ0) is 17.3. The van der Waals surface area contributed by atoms with Gasteiger partial charge in [0.2, 0.25) is 5.91 Å². The molecule has 0 saturated carbocycles. The van der Waals surface area contributed by atoms with Gasteiger partial charge in [-0.05, 0) is 25.3 Å². The third-order valence-electron chi connectivity index (χ3n) is 4.92. The average molecular weight is 340 g/mol. The number of likely N-dealkylation sites (tertiary alicyclic amines) is 2. The maximum absolute atomic E-state index is 13.8. The fraction of sp³-hybridized carbons (Fsp3) is 0.588. The lowest BCUT2D eigenvalue weighted by molar-refractivity contribution is -0.141. The molecular formula is C17H22F2N2O3. The molecule has 2 aliphatic rings. The van der Waals surface area contributed by atoms with Crippen molar-refractivity contribution < 1.29 is 23.8 Å². The third-order valence-corrected chi connectivity index (χ3v) is 4.92. The first-order valence-corrected chi connectivity index (χ1v) is 8.27. The summed E-state index contributed by atoms with van der Waals surface area (Å²) >= 11 is 0. The molecule has 3 unspecified atom stereocenters. The highest BCUT2D eigenvalue weighted by Gasteiger charge is 2.41. The summed E-state index contributed by atoms with van der Waals surface area (Å²) in [5.41, 5.74) is 0.283. The van der Waals surface area contributed by atoms with Gasteiger partial charge in [-0.3, -0.25) is 9.69 Å². The van der Waals surface area contributed by atoms with Gasteiger partial charge in [-0.15, -0.1) is 0 Å². The van der Waals surface area contributed by atoms with E-state index in [2.05, 4.69) is 0 Å². The molecule has 5 nitrogen and oxygen atoms in total. The maximum atomic E-state index is 13.8. The molecule has 0 aliphatic carbocycles. The highest BCUT2D eigenvalue weighted by Crippen LogP contribution is 2.27. The normalized spacial score (nSPS) is 28.6. The number of amides is 1. The van der Waals surface area contributed by atoms with Crippen molar-refractivity contribution in [1.82, 2.24) is 9.80 Å². The summed E-state index contributed by atoms with van der Waals surface area (Å²) < 4.78 is 26.9. The monoisotopic (exact) mass is 340 g/mol. The van der Waals surface area contributed by atoms with Crippen LogP contribution in [0.5, 0.6) is 0 Å². The Hall–Kier alpha value is -1.57. The second-order valence-electron chi connectivity index (χ2n) is 6.58. The molecule has 2 heterocycles. The molecule has 3 rings (SSSR count). The quantitative estimate of drug-likeness (QED) is 0.854. The van der Waals surface area contributed by atoms with E-state index in [1.165, 1.54) is 12.1 Å². The first-order valence-electron chi connectivity index (χ1n) is 8.27. The van der Waals surface area contributed by atoms with E-state index in [0.29, 0.717) is 25.9 Å². The minimum Gasteiger partial charge on any atom is -0.395 e. The Morgan fingerprint density at radius 2 is 2.08 bits per heavy atom. The molecule has 1 aromatic carbocycles. The Morgan fingerprint density at radius 3 is 2.79 bits per heavy atom. The van der Waals surface area contributed by atoms with Gasteiger partial charge in [0.05, 0.1) is 18.8 Å². The summed E-state index contributed by atoms with van der Waals surface area (Å²) in [4.78, 5) is 16.2. The summed E-state index contributed by atoms with van der Waals surface area (Å²) in [6.45, 7) is 0.877. The van der Waals surface area contributed by atoms with Gasteiger partial charge in [0, 0.05) is 37.3 Å². The van der Waals surface area contributed by atoms with Crippen LogP contribution in [0.2, 0.25) is 0 Å². The lowest BCUT2D eigenvalue weighted by Crippen LogP contribution is -2.54. The summed E-state index contributed by atoms with van der Waals surface area (Å²) in [5, 5.41) is 19.3. The number of halogens is 2. The number of hydrogen-bond donors (Lipinski definition) is 2. The van der Waals surface area contributed by atoms with Gasteiger partial charge >= 0.3 is 0 Å². The molecule has 24 heavy (non-hydrogen) atoms. The molecule has 2 saturated heterocycles. The van der Waals surface area contributed by atoms with E-state index in [0.717, 1.165) is 12.5 Å². The van der Waals surface area contributed by atoms with Crippen molar-refractivity contribution in [2.24, 2.45) is 0 Å². The van der Waals surface area contributed by atoms with Gasteiger partial charge in [0.1, 0.15) is 11.6 Å². The van der Waals surface area contributed by atoms with Crippen LogP contribution in [-0.2, 0) is 11.3 Å².